The lowest BCUT2D eigenvalue weighted by Crippen LogP contribution is -2.59. The van der Waals surface area contributed by atoms with Crippen molar-refractivity contribution in [2.45, 2.75) is 142 Å². The van der Waals surface area contributed by atoms with Gasteiger partial charge in [0.05, 0.1) is 24.2 Å². The summed E-state index contributed by atoms with van der Waals surface area (Å²) in [6.07, 6.45) is 0.0957. The second kappa shape index (κ2) is 23.5. The van der Waals surface area contributed by atoms with E-state index in [4.69, 9.17) is 0 Å². The Kier molecular flexibility index (Phi) is 18.3. The Morgan fingerprint density at radius 2 is 0.958 bits per heavy atom. The molecule has 0 spiro atoms. The summed E-state index contributed by atoms with van der Waals surface area (Å²) in [5.74, 6) is -3.97. The van der Waals surface area contributed by atoms with Crippen LogP contribution in [0, 0.1) is 10.8 Å². The summed E-state index contributed by atoms with van der Waals surface area (Å²) in [4.78, 5) is 114. The maximum Gasteiger partial charge on any atom is 0.272 e. The minimum atomic E-state index is -1.02. The normalized spacial score (nSPS) is 20.6. The molecule has 2 saturated heterocycles. The van der Waals surface area contributed by atoms with Gasteiger partial charge >= 0.3 is 0 Å². The van der Waals surface area contributed by atoms with E-state index in [1.807, 2.05) is 116 Å². The Bertz CT molecular complexity index is 2220. The molecule has 0 saturated carbocycles. The number of carbonyl (C=O) groups is 8. The van der Waals surface area contributed by atoms with Crippen molar-refractivity contribution in [3.63, 3.8) is 0 Å². The molecule has 2 fully saturated rings. The van der Waals surface area contributed by atoms with Crippen molar-refractivity contribution in [3.05, 3.63) is 89.2 Å². The maximum atomic E-state index is 14.5. The van der Waals surface area contributed by atoms with E-state index in [0.717, 1.165) is 11.1 Å². The number of aromatic nitrogens is 2. The summed E-state index contributed by atoms with van der Waals surface area (Å²) >= 11 is 0. The number of likely N-dealkylation sites (N-methyl/N-ethyl adjacent to an activating group) is 2. The van der Waals surface area contributed by atoms with Gasteiger partial charge in [-0.25, -0.2) is 0 Å². The molecule has 8 amide bonds. The number of carbonyl (C=O) groups excluding carboxylic acids is 8. The van der Waals surface area contributed by atoms with E-state index >= 15 is 0 Å². The van der Waals surface area contributed by atoms with Crippen molar-refractivity contribution in [3.8, 4) is 0 Å². The van der Waals surface area contributed by atoms with Crippen molar-refractivity contribution >= 4 is 47.3 Å². The average Bonchev–Trinajstić information content (AvgIpc) is 4.11. The second-order valence-electron chi connectivity index (χ2n) is 20.9. The predicted octanol–water partition coefficient (Wildman–Crippen LogP) is 1.84. The van der Waals surface area contributed by atoms with Gasteiger partial charge in [0.15, 0.2) is 5.69 Å². The first-order valence-electron chi connectivity index (χ1n) is 24.3. The number of likely N-dealkylation sites (tertiary alicyclic amines) is 2. The number of rotatable bonds is 18. The highest BCUT2D eigenvalue weighted by Crippen LogP contribution is 2.29. The number of nitrogens with zero attached hydrogens (tertiary/aromatic N) is 3. The first-order valence-corrected chi connectivity index (χ1v) is 24.3. The fourth-order valence-corrected chi connectivity index (χ4v) is 8.64. The molecule has 10 atom stereocenters. The average molecular weight is 983 g/mol. The van der Waals surface area contributed by atoms with Crippen molar-refractivity contribution in [1.82, 2.24) is 62.5 Å². The fraction of sp³-hybridized carbons (Fsp3) is 0.549. The van der Waals surface area contributed by atoms with Crippen LogP contribution >= 0.6 is 0 Å². The SMILES string of the molecule is CN[C@@H](C)C(=O)N[C@H](C(=O)N1C[C@@H](NC(=O)c2cc(C(=O)N[C@H]3C[C@@H](C(=O)N[C@H](C)c4ccccc4)N(C(=O)[C@@H](NC(=O)[C@H](C)NC)C(C)(C)C)C3)[nH]n2)C[C@H]1C(=O)N[C@H](C)c1ccccc1)C(C)(C)C. The summed E-state index contributed by atoms with van der Waals surface area (Å²) < 4.78 is 0. The van der Waals surface area contributed by atoms with E-state index in [2.05, 4.69) is 52.7 Å². The summed E-state index contributed by atoms with van der Waals surface area (Å²) in [5, 5.41) is 30.0. The van der Waals surface area contributed by atoms with Gasteiger partial charge in [-0.3, -0.25) is 43.5 Å². The molecular formula is C51H74N12O8. The van der Waals surface area contributed by atoms with E-state index in [1.165, 1.54) is 15.9 Å². The number of hydrogen-bond acceptors (Lipinski definition) is 11. The van der Waals surface area contributed by atoms with Gasteiger partial charge in [0.2, 0.25) is 35.4 Å². The lowest BCUT2D eigenvalue weighted by atomic mass is 9.85. The lowest BCUT2D eigenvalue weighted by molar-refractivity contribution is -0.144. The number of aromatic amines is 1. The third-order valence-corrected chi connectivity index (χ3v) is 13.3. The van der Waals surface area contributed by atoms with Crippen LogP contribution in [0.15, 0.2) is 66.7 Å². The van der Waals surface area contributed by atoms with Crippen molar-refractivity contribution in [2.24, 2.45) is 10.8 Å². The molecule has 5 rings (SSSR count). The molecule has 20 heteroatoms. The van der Waals surface area contributed by atoms with Gasteiger partial charge in [-0.05, 0) is 76.6 Å². The molecule has 2 aliphatic rings. The van der Waals surface area contributed by atoms with Crippen LogP contribution in [0.5, 0.6) is 0 Å². The number of hydrogen-bond donors (Lipinski definition) is 9. The molecule has 20 nitrogen and oxygen atoms in total. The van der Waals surface area contributed by atoms with Crippen LogP contribution in [0.1, 0.15) is 126 Å². The van der Waals surface area contributed by atoms with Crippen LogP contribution < -0.4 is 42.5 Å². The minimum Gasteiger partial charge on any atom is -0.348 e. The van der Waals surface area contributed by atoms with E-state index in [-0.39, 0.29) is 37.3 Å². The highest BCUT2D eigenvalue weighted by Gasteiger charge is 2.48. The Morgan fingerprint density at radius 3 is 1.32 bits per heavy atom. The number of benzene rings is 2. The number of amides is 8. The van der Waals surface area contributed by atoms with Crippen LogP contribution in [0.2, 0.25) is 0 Å². The maximum absolute atomic E-state index is 14.5. The summed E-state index contributed by atoms with van der Waals surface area (Å²) in [6.45, 7) is 17.8. The molecule has 0 bridgehead atoms. The van der Waals surface area contributed by atoms with Crippen LogP contribution in [0.3, 0.4) is 0 Å². The van der Waals surface area contributed by atoms with E-state index in [0.29, 0.717) is 0 Å². The molecule has 0 radical (unpaired) electrons. The largest absolute Gasteiger partial charge is 0.348 e. The first-order chi connectivity index (χ1) is 33.3. The zero-order chi connectivity index (χ0) is 52.5. The molecule has 0 aliphatic carbocycles. The van der Waals surface area contributed by atoms with Crippen LogP contribution in [0.4, 0.5) is 0 Å². The van der Waals surface area contributed by atoms with Gasteiger partial charge in [-0.1, -0.05) is 102 Å². The third-order valence-electron chi connectivity index (χ3n) is 13.3. The Hall–Kier alpha value is -6.67. The van der Waals surface area contributed by atoms with Crippen LogP contribution in [-0.4, -0.2) is 143 Å². The molecule has 9 N–H and O–H groups in total. The van der Waals surface area contributed by atoms with Gasteiger partial charge < -0.3 is 52.3 Å². The lowest BCUT2D eigenvalue weighted by Gasteiger charge is -2.36. The quantitative estimate of drug-likeness (QED) is 0.0888. The Balaban J connectivity index is 1.33. The molecule has 2 aromatic carbocycles. The van der Waals surface area contributed by atoms with Crippen LogP contribution in [-0.2, 0) is 28.8 Å². The Morgan fingerprint density at radius 1 is 0.577 bits per heavy atom. The number of H-pyrrole nitrogens is 1. The monoisotopic (exact) mass is 983 g/mol. The summed E-state index contributed by atoms with van der Waals surface area (Å²) in [6, 6.07) is 12.4. The molecule has 1 aromatic heterocycles. The topological polar surface area (TPSA) is 268 Å². The predicted molar refractivity (Wildman–Crippen MR) is 267 cm³/mol. The molecular weight excluding hydrogens is 909 g/mol. The van der Waals surface area contributed by atoms with Crippen molar-refractivity contribution in [2.75, 3.05) is 27.2 Å². The van der Waals surface area contributed by atoms with Crippen molar-refractivity contribution in [1.29, 1.82) is 0 Å². The number of nitrogens with one attached hydrogen (secondary N) is 9. The molecule has 386 valence electrons. The van der Waals surface area contributed by atoms with Gasteiger partial charge in [-0.2, -0.15) is 5.10 Å². The molecule has 2 aliphatic heterocycles. The fourth-order valence-electron chi connectivity index (χ4n) is 8.64. The van der Waals surface area contributed by atoms with Gasteiger partial charge in [0, 0.05) is 31.2 Å². The third kappa shape index (κ3) is 14.0. The molecule has 3 aromatic rings. The smallest absolute Gasteiger partial charge is 0.272 e. The van der Waals surface area contributed by atoms with E-state index in [9.17, 15) is 38.4 Å². The minimum absolute atomic E-state index is 0.0460. The zero-order valence-electron chi connectivity index (χ0n) is 43.1. The van der Waals surface area contributed by atoms with E-state index < -0.39 is 119 Å². The molecule has 0 unspecified atom stereocenters. The summed E-state index contributed by atoms with van der Waals surface area (Å²) in [7, 11) is 3.27. The van der Waals surface area contributed by atoms with Gasteiger partial charge in [-0.15, -0.1) is 0 Å². The first kappa shape index (κ1) is 55.3. The standard InChI is InChI=1S/C51H74N12O8/c1-28(32-19-15-13-16-20-32)54-46(68)38-23-34(26-62(38)48(70)40(50(5,6)7)58-42(64)30(3)52-11)56-44(66)36-25-37(61-60-36)45(67)57-35-24-39(47(69)55-29(2)33-21-17-14-18-22-33)63(27-35)49(71)41(51(8,9)10)59-43(65)31(4)53-12/h13-22,25,28-31,34-35,38-41,52-53H,23-24,26-27H2,1-12H3,(H,54,68)(H,55,69)(H,56,66)(H,57,67)(H,58,64)(H,59,65)(H,60,61)/t28-,29-,30+,31+,34+,35+,38+,39+,40-,41-/m1/s1. The summed E-state index contributed by atoms with van der Waals surface area (Å²) in [5.41, 5.74) is -0.0277. The highest BCUT2D eigenvalue weighted by molar-refractivity contribution is 5.99. The molecule has 3 heterocycles. The van der Waals surface area contributed by atoms with Crippen molar-refractivity contribution < 1.29 is 38.4 Å². The second-order valence-corrected chi connectivity index (χ2v) is 20.9. The van der Waals surface area contributed by atoms with Crippen LogP contribution in [0.25, 0.3) is 0 Å². The van der Waals surface area contributed by atoms with Gasteiger partial charge in [0.25, 0.3) is 11.8 Å². The Labute approximate surface area is 416 Å². The zero-order valence-corrected chi connectivity index (χ0v) is 43.1. The van der Waals surface area contributed by atoms with Gasteiger partial charge in [0.1, 0.15) is 29.9 Å². The van der Waals surface area contributed by atoms with E-state index in [1.54, 1.807) is 27.9 Å². The highest BCUT2D eigenvalue weighted by atomic mass is 16.2. The molecule has 71 heavy (non-hydrogen) atoms.